The van der Waals surface area contributed by atoms with Crippen LogP contribution in [0.5, 0.6) is 17.2 Å². The van der Waals surface area contributed by atoms with Crippen LogP contribution in [0.1, 0.15) is 24.2 Å². The number of hydrogen-bond acceptors (Lipinski definition) is 4. The Kier molecular flexibility index (Phi) is 7.72. The van der Waals surface area contributed by atoms with Crippen LogP contribution >= 0.6 is 0 Å². The summed E-state index contributed by atoms with van der Waals surface area (Å²) >= 11 is 0. The van der Waals surface area contributed by atoms with Crippen LogP contribution in [0.4, 0.5) is 5.69 Å². The molecule has 5 nitrogen and oxygen atoms in total. The number of anilines is 1. The number of carbonyl (C=O) groups excluding carboxylic acids is 1. The Hall–Kier alpha value is -3.47. The van der Waals surface area contributed by atoms with E-state index in [1.54, 1.807) is 12.1 Å². The Morgan fingerprint density at radius 1 is 0.767 bits per heavy atom. The molecule has 3 aromatic rings. The average Bonchev–Trinajstić information content (AvgIpc) is 2.77. The van der Waals surface area contributed by atoms with E-state index in [4.69, 9.17) is 14.2 Å². The molecule has 0 saturated carbocycles. The lowest BCUT2D eigenvalue weighted by molar-refractivity contribution is 0.102. The van der Waals surface area contributed by atoms with Crippen molar-refractivity contribution in [1.82, 2.24) is 0 Å². The van der Waals surface area contributed by atoms with E-state index in [1.807, 2.05) is 66.7 Å². The first kappa shape index (κ1) is 21.2. The monoisotopic (exact) mass is 405 g/mol. The number of benzene rings is 3. The van der Waals surface area contributed by atoms with E-state index < -0.39 is 0 Å². The molecule has 30 heavy (non-hydrogen) atoms. The summed E-state index contributed by atoms with van der Waals surface area (Å²) in [6, 6.07) is 24.1. The van der Waals surface area contributed by atoms with Crippen molar-refractivity contribution in [3.63, 3.8) is 0 Å². The maximum atomic E-state index is 12.7. The standard InChI is InChI=1S/C25H27NO4/c1-19(2)18-30-22-14-12-20(13-15-22)26-25(27)23-10-6-7-11-24(23)29-17-16-28-21-8-4-3-5-9-21/h3-15,19H,16-18H2,1-2H3,(H,26,27). The van der Waals surface area contributed by atoms with Crippen LogP contribution in [0.15, 0.2) is 78.9 Å². The number of rotatable bonds is 10. The molecule has 0 aliphatic rings. The van der Waals surface area contributed by atoms with Crippen LogP contribution in [-0.2, 0) is 0 Å². The quantitative estimate of drug-likeness (QED) is 0.457. The molecule has 1 N–H and O–H groups in total. The second kappa shape index (κ2) is 10.9. The van der Waals surface area contributed by atoms with Crippen LogP contribution in [-0.4, -0.2) is 25.7 Å². The Balaban J connectivity index is 1.54. The van der Waals surface area contributed by atoms with Crippen molar-refractivity contribution in [2.45, 2.75) is 13.8 Å². The zero-order valence-corrected chi connectivity index (χ0v) is 17.3. The normalized spacial score (nSPS) is 10.5. The van der Waals surface area contributed by atoms with Gasteiger partial charge in [0.1, 0.15) is 30.5 Å². The number of nitrogens with one attached hydrogen (secondary N) is 1. The molecule has 0 unspecified atom stereocenters. The molecular weight excluding hydrogens is 378 g/mol. The summed E-state index contributed by atoms with van der Waals surface area (Å²) in [6.45, 7) is 5.58. The fourth-order valence-corrected chi connectivity index (χ4v) is 2.70. The van der Waals surface area contributed by atoms with Gasteiger partial charge < -0.3 is 19.5 Å². The highest BCUT2D eigenvalue weighted by Crippen LogP contribution is 2.21. The zero-order valence-electron chi connectivity index (χ0n) is 17.3. The SMILES string of the molecule is CC(C)COc1ccc(NC(=O)c2ccccc2OCCOc2ccccc2)cc1. The lowest BCUT2D eigenvalue weighted by atomic mass is 10.2. The number of carbonyl (C=O) groups is 1. The molecular formula is C25H27NO4. The van der Waals surface area contributed by atoms with Gasteiger partial charge in [-0.3, -0.25) is 4.79 Å². The van der Waals surface area contributed by atoms with Gasteiger partial charge in [-0.25, -0.2) is 0 Å². The van der Waals surface area contributed by atoms with E-state index in [1.165, 1.54) is 0 Å². The molecule has 3 rings (SSSR count). The van der Waals surface area contributed by atoms with Crippen molar-refractivity contribution in [1.29, 1.82) is 0 Å². The minimum absolute atomic E-state index is 0.231. The summed E-state index contributed by atoms with van der Waals surface area (Å²) in [5.41, 5.74) is 1.16. The van der Waals surface area contributed by atoms with Crippen LogP contribution in [0.2, 0.25) is 0 Å². The molecule has 1 amide bonds. The first-order valence-electron chi connectivity index (χ1n) is 10.1. The first-order chi connectivity index (χ1) is 14.6. The highest BCUT2D eigenvalue weighted by atomic mass is 16.5. The van der Waals surface area contributed by atoms with Crippen LogP contribution in [0.3, 0.4) is 0 Å². The Bertz CT molecular complexity index is 923. The minimum atomic E-state index is -0.231. The summed E-state index contributed by atoms with van der Waals surface area (Å²) in [5.74, 6) is 2.31. The fourth-order valence-electron chi connectivity index (χ4n) is 2.70. The van der Waals surface area contributed by atoms with Crippen LogP contribution in [0.25, 0.3) is 0 Å². The first-order valence-corrected chi connectivity index (χ1v) is 10.1. The van der Waals surface area contributed by atoms with Crippen molar-refractivity contribution in [3.8, 4) is 17.2 Å². The van der Waals surface area contributed by atoms with Crippen molar-refractivity contribution in [2.24, 2.45) is 5.92 Å². The van der Waals surface area contributed by atoms with Gasteiger partial charge in [0.25, 0.3) is 5.91 Å². The van der Waals surface area contributed by atoms with Crippen molar-refractivity contribution in [3.05, 3.63) is 84.4 Å². The molecule has 156 valence electrons. The summed E-state index contributed by atoms with van der Waals surface area (Å²) < 4.78 is 17.1. The summed E-state index contributed by atoms with van der Waals surface area (Å²) in [4.78, 5) is 12.7. The van der Waals surface area contributed by atoms with Crippen LogP contribution < -0.4 is 19.5 Å². The predicted octanol–water partition coefficient (Wildman–Crippen LogP) is 5.43. The summed E-state index contributed by atoms with van der Waals surface area (Å²) in [7, 11) is 0. The lowest BCUT2D eigenvalue weighted by Gasteiger charge is -2.13. The maximum absolute atomic E-state index is 12.7. The molecule has 0 heterocycles. The van der Waals surface area contributed by atoms with Gasteiger partial charge in [-0.05, 0) is 54.4 Å². The van der Waals surface area contributed by atoms with E-state index in [-0.39, 0.29) is 5.91 Å². The fraction of sp³-hybridized carbons (Fsp3) is 0.240. The summed E-state index contributed by atoms with van der Waals surface area (Å²) in [6.07, 6.45) is 0. The second-order valence-corrected chi connectivity index (χ2v) is 7.19. The third-order valence-electron chi connectivity index (χ3n) is 4.18. The molecule has 0 fully saturated rings. The largest absolute Gasteiger partial charge is 0.493 e. The van der Waals surface area contributed by atoms with Gasteiger partial charge in [0, 0.05) is 5.69 Å². The Labute approximate surface area is 177 Å². The number of hydrogen-bond donors (Lipinski definition) is 1. The van der Waals surface area contributed by atoms with Crippen molar-refractivity contribution >= 4 is 11.6 Å². The molecule has 0 radical (unpaired) electrons. The van der Waals surface area contributed by atoms with Gasteiger partial charge in [0.2, 0.25) is 0 Å². The molecule has 3 aromatic carbocycles. The van der Waals surface area contributed by atoms with E-state index in [0.717, 1.165) is 11.5 Å². The van der Waals surface area contributed by atoms with Gasteiger partial charge in [-0.15, -0.1) is 0 Å². The van der Waals surface area contributed by atoms with Gasteiger partial charge in [0.05, 0.1) is 12.2 Å². The van der Waals surface area contributed by atoms with Crippen LogP contribution in [0, 0.1) is 5.92 Å². The highest BCUT2D eigenvalue weighted by Gasteiger charge is 2.12. The van der Waals surface area contributed by atoms with Crippen molar-refractivity contribution in [2.75, 3.05) is 25.1 Å². The molecule has 0 atom stereocenters. The third-order valence-corrected chi connectivity index (χ3v) is 4.18. The highest BCUT2D eigenvalue weighted by molar-refractivity contribution is 6.06. The van der Waals surface area contributed by atoms with Gasteiger partial charge in [-0.1, -0.05) is 44.2 Å². The predicted molar refractivity (Wildman–Crippen MR) is 119 cm³/mol. The smallest absolute Gasteiger partial charge is 0.259 e. The number of amides is 1. The molecule has 0 aliphatic heterocycles. The zero-order chi connectivity index (χ0) is 21.2. The molecule has 0 aliphatic carbocycles. The summed E-state index contributed by atoms with van der Waals surface area (Å²) in [5, 5.41) is 2.90. The molecule has 0 saturated heterocycles. The molecule has 0 bridgehead atoms. The second-order valence-electron chi connectivity index (χ2n) is 7.19. The topological polar surface area (TPSA) is 56.8 Å². The van der Waals surface area contributed by atoms with E-state index >= 15 is 0 Å². The van der Waals surface area contributed by atoms with E-state index in [0.29, 0.717) is 42.7 Å². The Morgan fingerprint density at radius 2 is 1.40 bits per heavy atom. The molecule has 0 aromatic heterocycles. The van der Waals surface area contributed by atoms with Gasteiger partial charge in [0.15, 0.2) is 0 Å². The maximum Gasteiger partial charge on any atom is 0.259 e. The minimum Gasteiger partial charge on any atom is -0.493 e. The van der Waals surface area contributed by atoms with Gasteiger partial charge >= 0.3 is 0 Å². The van der Waals surface area contributed by atoms with E-state index in [9.17, 15) is 4.79 Å². The lowest BCUT2D eigenvalue weighted by Crippen LogP contribution is -2.15. The number of para-hydroxylation sites is 2. The number of ether oxygens (including phenoxy) is 3. The van der Waals surface area contributed by atoms with E-state index in [2.05, 4.69) is 19.2 Å². The molecule has 5 heteroatoms. The van der Waals surface area contributed by atoms with Gasteiger partial charge in [-0.2, -0.15) is 0 Å². The average molecular weight is 405 g/mol. The third kappa shape index (κ3) is 6.55. The molecule has 0 spiro atoms. The Morgan fingerprint density at radius 3 is 2.13 bits per heavy atom. The van der Waals surface area contributed by atoms with Crippen molar-refractivity contribution < 1.29 is 19.0 Å².